The highest BCUT2D eigenvalue weighted by Gasteiger charge is 2.15. The van der Waals surface area contributed by atoms with Crippen molar-refractivity contribution >= 4 is 27.3 Å². The number of nitrogens with zero attached hydrogens (tertiary/aromatic N) is 1. The first-order valence-electron chi connectivity index (χ1n) is 6.08. The summed E-state index contributed by atoms with van der Waals surface area (Å²) >= 11 is 5.30. The average Bonchev–Trinajstić information content (AvgIpc) is 2.75. The fourth-order valence-electron chi connectivity index (χ4n) is 2.04. The van der Waals surface area contributed by atoms with Crippen LogP contribution in [-0.2, 0) is 6.42 Å². The van der Waals surface area contributed by atoms with Crippen molar-refractivity contribution in [3.8, 4) is 0 Å². The first kappa shape index (κ1) is 13.7. The first-order valence-corrected chi connectivity index (χ1v) is 7.75. The molecule has 2 heterocycles. The molecule has 1 unspecified atom stereocenters. The lowest BCUT2D eigenvalue weighted by molar-refractivity contribution is 0.537. The number of halogens is 1. The molecule has 1 atom stereocenters. The number of aryl methyl sites for hydroxylation is 1. The summed E-state index contributed by atoms with van der Waals surface area (Å²) in [7, 11) is 0. The van der Waals surface area contributed by atoms with Gasteiger partial charge in [-0.25, -0.2) is 0 Å². The van der Waals surface area contributed by atoms with Crippen molar-refractivity contribution in [2.75, 3.05) is 6.54 Å². The third kappa shape index (κ3) is 3.40. The fraction of sp³-hybridized carbons (Fsp3) is 0.357. The summed E-state index contributed by atoms with van der Waals surface area (Å²) in [6.45, 7) is 5.21. The normalized spacial score (nSPS) is 12.6. The van der Waals surface area contributed by atoms with Crippen molar-refractivity contribution in [1.82, 2.24) is 10.3 Å². The second-order valence-electron chi connectivity index (χ2n) is 4.25. The standard InChI is InChI=1S/C14H17BrN2S/c1-3-16-13(8-12-7-11(15)9-18-12)14-10(2)5-4-6-17-14/h4-7,9,13,16H,3,8H2,1-2H3. The van der Waals surface area contributed by atoms with Crippen LogP contribution in [0.25, 0.3) is 0 Å². The van der Waals surface area contributed by atoms with Gasteiger partial charge in [0.2, 0.25) is 0 Å². The quantitative estimate of drug-likeness (QED) is 0.895. The summed E-state index contributed by atoms with van der Waals surface area (Å²) in [6, 6.07) is 6.59. The maximum Gasteiger partial charge on any atom is 0.0605 e. The highest BCUT2D eigenvalue weighted by molar-refractivity contribution is 9.10. The van der Waals surface area contributed by atoms with Crippen LogP contribution in [0.2, 0.25) is 0 Å². The van der Waals surface area contributed by atoms with Gasteiger partial charge in [0, 0.05) is 27.3 Å². The lowest BCUT2D eigenvalue weighted by Crippen LogP contribution is -2.24. The molecule has 0 saturated carbocycles. The molecule has 1 N–H and O–H groups in total. The van der Waals surface area contributed by atoms with Crippen LogP contribution in [0.1, 0.15) is 29.1 Å². The Balaban J connectivity index is 2.20. The molecule has 2 rings (SSSR count). The van der Waals surface area contributed by atoms with E-state index in [0.717, 1.165) is 23.1 Å². The molecule has 0 bridgehead atoms. The fourth-order valence-corrected chi connectivity index (χ4v) is 3.53. The molecule has 0 saturated heterocycles. The number of pyridine rings is 1. The lowest BCUT2D eigenvalue weighted by atomic mass is 10.0. The van der Waals surface area contributed by atoms with Crippen molar-refractivity contribution in [3.63, 3.8) is 0 Å². The Bertz CT molecular complexity index is 510. The van der Waals surface area contributed by atoms with E-state index in [1.165, 1.54) is 10.4 Å². The highest BCUT2D eigenvalue weighted by Crippen LogP contribution is 2.26. The molecule has 2 nitrogen and oxygen atoms in total. The Morgan fingerprint density at radius 3 is 2.94 bits per heavy atom. The molecule has 0 spiro atoms. The summed E-state index contributed by atoms with van der Waals surface area (Å²) in [5, 5.41) is 5.65. The van der Waals surface area contributed by atoms with Gasteiger partial charge in [0.15, 0.2) is 0 Å². The molecular weight excluding hydrogens is 308 g/mol. The van der Waals surface area contributed by atoms with Gasteiger partial charge in [0.25, 0.3) is 0 Å². The van der Waals surface area contributed by atoms with Crippen molar-refractivity contribution < 1.29 is 0 Å². The van der Waals surface area contributed by atoms with Gasteiger partial charge in [-0.05, 0) is 47.1 Å². The van der Waals surface area contributed by atoms with Crippen molar-refractivity contribution in [1.29, 1.82) is 0 Å². The Hall–Kier alpha value is -0.710. The predicted molar refractivity (Wildman–Crippen MR) is 81.1 cm³/mol. The Kier molecular flexibility index (Phi) is 4.92. The maximum atomic E-state index is 4.53. The van der Waals surface area contributed by atoms with Gasteiger partial charge in [-0.2, -0.15) is 0 Å². The molecule has 2 aromatic heterocycles. The van der Waals surface area contributed by atoms with E-state index in [1.54, 1.807) is 11.3 Å². The number of hydrogen-bond donors (Lipinski definition) is 1. The van der Waals surface area contributed by atoms with Crippen molar-refractivity contribution in [2.24, 2.45) is 0 Å². The minimum Gasteiger partial charge on any atom is -0.309 e. The molecular formula is C14H17BrN2S. The van der Waals surface area contributed by atoms with Crippen LogP contribution in [0.4, 0.5) is 0 Å². The Labute approximate surface area is 121 Å². The SMILES string of the molecule is CCNC(Cc1cc(Br)cs1)c1ncccc1C. The molecule has 0 amide bonds. The smallest absolute Gasteiger partial charge is 0.0605 e. The van der Waals surface area contributed by atoms with E-state index in [2.05, 4.69) is 57.6 Å². The number of rotatable bonds is 5. The molecule has 0 aliphatic carbocycles. The summed E-state index contributed by atoms with van der Waals surface area (Å²) in [5.74, 6) is 0. The van der Waals surface area contributed by atoms with Gasteiger partial charge in [0.1, 0.15) is 0 Å². The molecule has 0 radical (unpaired) electrons. The average molecular weight is 325 g/mol. The molecule has 2 aromatic rings. The number of hydrogen-bond acceptors (Lipinski definition) is 3. The second kappa shape index (κ2) is 6.45. The predicted octanol–water partition coefficient (Wildman–Crippen LogP) is 4.11. The zero-order valence-electron chi connectivity index (χ0n) is 10.6. The van der Waals surface area contributed by atoms with Crippen molar-refractivity contribution in [3.05, 3.63) is 50.4 Å². The molecule has 96 valence electrons. The first-order chi connectivity index (χ1) is 8.70. The van der Waals surface area contributed by atoms with Gasteiger partial charge in [0.05, 0.1) is 11.7 Å². The third-order valence-corrected chi connectivity index (χ3v) is 4.58. The number of nitrogens with one attached hydrogen (secondary N) is 1. The van der Waals surface area contributed by atoms with Crippen LogP contribution < -0.4 is 5.32 Å². The molecule has 4 heteroatoms. The number of aromatic nitrogens is 1. The molecule has 18 heavy (non-hydrogen) atoms. The molecule has 0 aromatic carbocycles. The Morgan fingerprint density at radius 1 is 1.50 bits per heavy atom. The third-order valence-electron chi connectivity index (χ3n) is 2.86. The van der Waals surface area contributed by atoms with Crippen molar-refractivity contribution in [2.45, 2.75) is 26.3 Å². The van der Waals surface area contributed by atoms with E-state index in [-0.39, 0.29) is 0 Å². The molecule has 0 aliphatic rings. The minimum absolute atomic E-state index is 0.293. The van der Waals surface area contributed by atoms with Crippen LogP contribution in [0.15, 0.2) is 34.2 Å². The molecule has 0 fully saturated rings. The van der Waals surface area contributed by atoms with Crippen LogP contribution in [0.3, 0.4) is 0 Å². The summed E-state index contributed by atoms with van der Waals surface area (Å²) < 4.78 is 1.16. The van der Waals surface area contributed by atoms with Gasteiger partial charge < -0.3 is 5.32 Å². The van der Waals surface area contributed by atoms with Gasteiger partial charge in [-0.1, -0.05) is 13.0 Å². The topological polar surface area (TPSA) is 24.9 Å². The maximum absolute atomic E-state index is 4.53. The van der Waals surface area contributed by atoms with Gasteiger partial charge in [-0.3, -0.25) is 4.98 Å². The van der Waals surface area contributed by atoms with E-state index in [9.17, 15) is 0 Å². The van der Waals surface area contributed by atoms with E-state index in [4.69, 9.17) is 0 Å². The highest BCUT2D eigenvalue weighted by atomic mass is 79.9. The monoisotopic (exact) mass is 324 g/mol. The van der Waals surface area contributed by atoms with Crippen LogP contribution in [0.5, 0.6) is 0 Å². The number of thiophene rings is 1. The van der Waals surface area contributed by atoms with Gasteiger partial charge >= 0.3 is 0 Å². The van der Waals surface area contributed by atoms with E-state index < -0.39 is 0 Å². The zero-order valence-corrected chi connectivity index (χ0v) is 13.0. The lowest BCUT2D eigenvalue weighted by Gasteiger charge is -2.18. The van der Waals surface area contributed by atoms with Crippen LogP contribution in [-0.4, -0.2) is 11.5 Å². The zero-order chi connectivity index (χ0) is 13.0. The molecule has 0 aliphatic heterocycles. The minimum atomic E-state index is 0.293. The summed E-state index contributed by atoms with van der Waals surface area (Å²) in [5.41, 5.74) is 2.41. The van der Waals surface area contributed by atoms with Gasteiger partial charge in [-0.15, -0.1) is 11.3 Å². The Morgan fingerprint density at radius 2 is 2.33 bits per heavy atom. The van der Waals surface area contributed by atoms with E-state index in [1.807, 2.05) is 12.3 Å². The summed E-state index contributed by atoms with van der Waals surface area (Å²) in [4.78, 5) is 5.90. The largest absolute Gasteiger partial charge is 0.309 e. The van der Waals surface area contributed by atoms with E-state index in [0.29, 0.717) is 6.04 Å². The van der Waals surface area contributed by atoms with Crippen LogP contribution >= 0.6 is 27.3 Å². The second-order valence-corrected chi connectivity index (χ2v) is 6.16. The van der Waals surface area contributed by atoms with Crippen LogP contribution in [0, 0.1) is 6.92 Å². The summed E-state index contributed by atoms with van der Waals surface area (Å²) in [6.07, 6.45) is 2.86. The number of likely N-dealkylation sites (N-methyl/N-ethyl adjacent to an activating group) is 1. The van der Waals surface area contributed by atoms with E-state index >= 15 is 0 Å².